The van der Waals surface area contributed by atoms with Gasteiger partial charge >= 0.3 is 0 Å². The maximum Gasteiger partial charge on any atom is 0.280 e. The molecule has 54 heavy (non-hydrogen) atoms. The van der Waals surface area contributed by atoms with E-state index in [9.17, 15) is 14.7 Å². The number of hydrogen-bond donors (Lipinski definition) is 3. The van der Waals surface area contributed by atoms with Crippen LogP contribution in [-0.4, -0.2) is 63.6 Å². The molecule has 0 aliphatic carbocycles. The lowest BCUT2D eigenvalue weighted by Crippen LogP contribution is -2.38. The Kier molecular flexibility index (Phi) is 10.4. The van der Waals surface area contributed by atoms with Crippen molar-refractivity contribution in [1.29, 1.82) is 0 Å². The van der Waals surface area contributed by atoms with Gasteiger partial charge in [0.2, 0.25) is 5.95 Å². The SMILES string of the molecule is COc1ccc(C(OC[C@H]2O[C@@H](n3cnc4c(=O)[nH]c(NC(=O)c5ccccc5CN=[N+]=[N-])nc43)C[C@@H]2O)(c2ccccc2)c2ccc(OC)cc2)cc1. The van der Waals surface area contributed by atoms with E-state index in [0.29, 0.717) is 17.1 Å². The van der Waals surface area contributed by atoms with Gasteiger partial charge in [-0.3, -0.25) is 24.5 Å². The molecule has 1 fully saturated rings. The average molecular weight is 729 g/mol. The quantitative estimate of drug-likeness (QED) is 0.0564. The number of hydrogen-bond acceptors (Lipinski definition) is 10. The third-order valence-corrected chi connectivity index (χ3v) is 9.38. The molecule has 1 saturated heterocycles. The number of rotatable bonds is 13. The van der Waals surface area contributed by atoms with E-state index in [1.54, 1.807) is 43.1 Å². The second-order valence-electron chi connectivity index (χ2n) is 12.5. The number of azide groups is 1. The van der Waals surface area contributed by atoms with Crippen LogP contribution in [-0.2, 0) is 21.6 Å². The molecule has 3 heterocycles. The maximum atomic E-state index is 13.2. The molecule has 15 heteroatoms. The molecule has 15 nitrogen and oxygen atoms in total. The fourth-order valence-electron chi connectivity index (χ4n) is 6.68. The van der Waals surface area contributed by atoms with Gasteiger partial charge in [0.15, 0.2) is 11.2 Å². The molecule has 1 aliphatic rings. The first-order valence-electron chi connectivity index (χ1n) is 17.0. The van der Waals surface area contributed by atoms with E-state index < -0.39 is 35.5 Å². The molecule has 2 aromatic heterocycles. The molecule has 1 amide bonds. The van der Waals surface area contributed by atoms with Gasteiger partial charge in [0.1, 0.15) is 29.4 Å². The summed E-state index contributed by atoms with van der Waals surface area (Å²) < 4.78 is 25.8. The Morgan fingerprint density at radius 1 is 0.981 bits per heavy atom. The summed E-state index contributed by atoms with van der Waals surface area (Å²) in [6.07, 6.45) is -0.959. The van der Waals surface area contributed by atoms with Crippen molar-refractivity contribution in [2.45, 2.75) is 37.0 Å². The minimum Gasteiger partial charge on any atom is -0.497 e. The van der Waals surface area contributed by atoms with Gasteiger partial charge in [0.05, 0.1) is 39.8 Å². The Balaban J connectivity index is 1.18. The molecule has 0 spiro atoms. The van der Waals surface area contributed by atoms with E-state index in [1.165, 1.54) is 6.33 Å². The van der Waals surface area contributed by atoms with Crippen molar-refractivity contribution in [2.24, 2.45) is 5.11 Å². The summed E-state index contributed by atoms with van der Waals surface area (Å²) in [5.41, 5.74) is 10.4. The summed E-state index contributed by atoms with van der Waals surface area (Å²) in [4.78, 5) is 40.4. The number of carbonyl (C=O) groups is 1. The second kappa shape index (κ2) is 15.6. The summed E-state index contributed by atoms with van der Waals surface area (Å²) in [6.45, 7) is -0.0590. The highest BCUT2D eigenvalue weighted by atomic mass is 16.6. The normalized spacial score (nSPS) is 16.8. The van der Waals surface area contributed by atoms with E-state index in [0.717, 1.165) is 16.7 Å². The van der Waals surface area contributed by atoms with Gasteiger partial charge in [-0.05, 0) is 58.1 Å². The summed E-state index contributed by atoms with van der Waals surface area (Å²) in [5, 5.41) is 17.6. The predicted octanol–water partition coefficient (Wildman–Crippen LogP) is 5.86. The van der Waals surface area contributed by atoms with Crippen molar-refractivity contribution in [3.8, 4) is 11.5 Å². The van der Waals surface area contributed by atoms with Gasteiger partial charge < -0.3 is 24.1 Å². The van der Waals surface area contributed by atoms with E-state index in [4.69, 9.17) is 24.5 Å². The van der Waals surface area contributed by atoms with Crippen molar-refractivity contribution in [3.63, 3.8) is 0 Å². The number of fused-ring (bicyclic) bond motifs is 1. The molecule has 3 N–H and O–H groups in total. The van der Waals surface area contributed by atoms with Crippen molar-refractivity contribution in [1.82, 2.24) is 19.5 Å². The zero-order valence-electron chi connectivity index (χ0n) is 29.3. The number of nitrogens with zero attached hydrogens (tertiary/aromatic N) is 6. The average Bonchev–Trinajstić information content (AvgIpc) is 3.81. The highest BCUT2D eigenvalue weighted by Gasteiger charge is 2.42. The number of methoxy groups -OCH3 is 2. The van der Waals surface area contributed by atoms with Crippen LogP contribution in [0.25, 0.3) is 21.6 Å². The van der Waals surface area contributed by atoms with Crippen molar-refractivity contribution in [3.05, 3.63) is 158 Å². The third kappa shape index (κ3) is 6.99. The number of H-pyrrole nitrogens is 1. The molecule has 0 radical (unpaired) electrons. The first-order chi connectivity index (χ1) is 26.3. The number of amides is 1. The Bertz CT molecular complexity index is 2310. The molecule has 7 rings (SSSR count). The topological polar surface area (TPSA) is 199 Å². The smallest absolute Gasteiger partial charge is 0.280 e. The molecule has 0 saturated carbocycles. The minimum atomic E-state index is -1.13. The fraction of sp³-hybridized carbons (Fsp3) is 0.231. The van der Waals surface area contributed by atoms with Crippen LogP contribution in [0.2, 0.25) is 0 Å². The number of aliphatic hydroxyl groups is 1. The first kappa shape index (κ1) is 35.9. The molecular weight excluding hydrogens is 692 g/mol. The van der Waals surface area contributed by atoms with Crippen molar-refractivity contribution < 1.29 is 28.8 Å². The molecule has 6 aromatic rings. The number of aromatic amines is 1. The molecule has 1 aliphatic heterocycles. The van der Waals surface area contributed by atoms with E-state index in [1.807, 2.05) is 78.9 Å². The van der Waals surface area contributed by atoms with Crippen molar-refractivity contribution >= 4 is 23.0 Å². The maximum absolute atomic E-state index is 13.2. The highest BCUT2D eigenvalue weighted by molar-refractivity contribution is 6.04. The largest absolute Gasteiger partial charge is 0.497 e. The minimum absolute atomic E-state index is 0.0247. The Hall–Kier alpha value is -6.51. The lowest BCUT2D eigenvalue weighted by Gasteiger charge is -2.37. The predicted molar refractivity (Wildman–Crippen MR) is 198 cm³/mol. The van der Waals surface area contributed by atoms with Gasteiger partial charge in [-0.15, -0.1) is 0 Å². The lowest BCUT2D eigenvalue weighted by atomic mass is 9.80. The van der Waals surface area contributed by atoms with Crippen molar-refractivity contribution in [2.75, 3.05) is 26.1 Å². The Morgan fingerprint density at radius 3 is 2.26 bits per heavy atom. The molecule has 274 valence electrons. The van der Waals surface area contributed by atoms with Gasteiger partial charge in [-0.25, -0.2) is 4.98 Å². The lowest BCUT2D eigenvalue weighted by molar-refractivity contribution is -0.0931. The van der Waals surface area contributed by atoms with Crippen LogP contribution in [0.1, 0.15) is 45.3 Å². The van der Waals surface area contributed by atoms with Crippen LogP contribution in [0, 0.1) is 0 Å². The third-order valence-electron chi connectivity index (χ3n) is 9.38. The first-order valence-corrected chi connectivity index (χ1v) is 17.0. The molecule has 0 unspecified atom stereocenters. The zero-order valence-corrected chi connectivity index (χ0v) is 29.3. The fourth-order valence-corrected chi connectivity index (χ4v) is 6.68. The van der Waals surface area contributed by atoms with Crippen LogP contribution in [0.15, 0.2) is 119 Å². The number of ether oxygens (including phenoxy) is 4. The van der Waals surface area contributed by atoms with Crippen LogP contribution in [0.4, 0.5) is 5.95 Å². The number of carbonyl (C=O) groups excluding carboxylic acids is 1. The van der Waals surface area contributed by atoms with Gasteiger partial charge in [-0.2, -0.15) is 4.98 Å². The number of benzene rings is 4. The van der Waals surface area contributed by atoms with Gasteiger partial charge in [0, 0.05) is 16.9 Å². The molecule has 3 atom stereocenters. The second-order valence-corrected chi connectivity index (χ2v) is 12.5. The number of anilines is 1. The van der Waals surface area contributed by atoms with Crippen LogP contribution >= 0.6 is 0 Å². The summed E-state index contributed by atoms with van der Waals surface area (Å²) in [7, 11) is 3.22. The van der Waals surface area contributed by atoms with Crippen LogP contribution < -0.4 is 20.3 Å². The molecular formula is C39H36N8O7. The number of nitrogens with one attached hydrogen (secondary N) is 2. The molecule has 0 bridgehead atoms. The van der Waals surface area contributed by atoms with Gasteiger partial charge in [-0.1, -0.05) is 77.9 Å². The summed E-state index contributed by atoms with van der Waals surface area (Å²) in [5.74, 6) is 0.687. The summed E-state index contributed by atoms with van der Waals surface area (Å²) >= 11 is 0. The van der Waals surface area contributed by atoms with E-state index in [-0.39, 0.29) is 42.2 Å². The van der Waals surface area contributed by atoms with Crippen LogP contribution in [0.3, 0.4) is 0 Å². The number of aliphatic hydroxyl groups excluding tert-OH is 1. The number of aromatic nitrogens is 4. The van der Waals surface area contributed by atoms with E-state index in [2.05, 4.69) is 30.3 Å². The van der Waals surface area contributed by atoms with Gasteiger partial charge in [0.25, 0.3) is 11.5 Å². The highest BCUT2D eigenvalue weighted by Crippen LogP contribution is 2.43. The Morgan fingerprint density at radius 2 is 1.61 bits per heavy atom. The zero-order chi connectivity index (χ0) is 37.7. The standard InChI is InChI=1S/C39H36N8O7/c1-51-28-16-12-26(13-17-28)39(25-9-4-3-5-10-25,27-14-18-29(52-2)19-15-27)53-22-32-31(48)20-33(54-32)47-23-41-34-35(47)43-38(45-37(34)50)44-36(49)30-11-7-6-8-24(30)21-42-46-40/h3-19,23,31-33,48H,20-22H2,1-2H3,(H2,43,44,45,49,50)/t31-,32+,33+/m0/s1. The van der Waals surface area contributed by atoms with Crippen LogP contribution in [0.5, 0.6) is 11.5 Å². The summed E-state index contributed by atoms with van der Waals surface area (Å²) in [6, 6.07) is 31.7. The monoisotopic (exact) mass is 728 g/mol. The number of imidazole rings is 1. The molecule has 4 aromatic carbocycles. The van der Waals surface area contributed by atoms with E-state index >= 15 is 0 Å². The Labute approximate surface area is 308 Å².